The van der Waals surface area contributed by atoms with E-state index >= 15 is 0 Å². The molecule has 1 N–H and O–H groups in total. The van der Waals surface area contributed by atoms with Crippen LogP contribution < -0.4 is 0 Å². The molecule has 146 valence electrons. The second kappa shape index (κ2) is 8.14. The molecule has 8 heteroatoms. The molecule has 2 unspecified atom stereocenters. The van der Waals surface area contributed by atoms with Gasteiger partial charge in [-0.2, -0.15) is 4.31 Å². The van der Waals surface area contributed by atoms with Crippen LogP contribution in [0.2, 0.25) is 0 Å². The number of aromatic nitrogens is 3. The summed E-state index contributed by atoms with van der Waals surface area (Å²) < 4.78 is 31.6. The summed E-state index contributed by atoms with van der Waals surface area (Å²) in [5.41, 5.74) is -0.557. The minimum Gasteiger partial charge on any atom is -0.377 e. The fraction of sp³-hybridized carbons (Fsp3) is 0.882. The van der Waals surface area contributed by atoms with Crippen molar-refractivity contribution in [1.29, 1.82) is 0 Å². The third-order valence-corrected chi connectivity index (χ3v) is 6.37. The highest BCUT2D eigenvalue weighted by atomic mass is 32.2. The molecule has 0 amide bonds. The lowest BCUT2D eigenvalue weighted by molar-refractivity contribution is 0.00289. The molecule has 0 bridgehead atoms. The summed E-state index contributed by atoms with van der Waals surface area (Å²) in [6, 6.07) is -0.279. The maximum absolute atomic E-state index is 12.2. The van der Waals surface area contributed by atoms with Crippen molar-refractivity contribution >= 4 is 10.0 Å². The monoisotopic (exact) mass is 374 g/mol. The van der Waals surface area contributed by atoms with Gasteiger partial charge in [-0.3, -0.25) is 0 Å². The molecule has 1 heterocycles. The van der Waals surface area contributed by atoms with E-state index in [1.807, 2.05) is 13.8 Å². The Bertz CT molecular complexity index is 628. The lowest BCUT2D eigenvalue weighted by Gasteiger charge is -2.43. The normalized spacial score (nSPS) is 17.0. The van der Waals surface area contributed by atoms with Gasteiger partial charge in [-0.15, -0.1) is 10.2 Å². The van der Waals surface area contributed by atoms with Gasteiger partial charge < -0.3 is 9.72 Å². The van der Waals surface area contributed by atoms with Gasteiger partial charge in [-0.1, -0.05) is 27.7 Å². The maximum atomic E-state index is 12.2. The number of rotatable bonds is 10. The predicted octanol–water partition coefficient (Wildman–Crippen LogP) is 2.57. The largest absolute Gasteiger partial charge is 0.377 e. The molecule has 0 aliphatic rings. The average molecular weight is 375 g/mol. The second-order valence-electron chi connectivity index (χ2n) is 8.09. The summed E-state index contributed by atoms with van der Waals surface area (Å²) in [6.07, 6.45) is 4.47. The number of sulfonamides is 1. The molecule has 0 aromatic carbocycles. The molecule has 1 aromatic rings. The lowest BCUT2D eigenvalue weighted by Crippen LogP contribution is -2.51. The number of hydrogen-bond acceptors (Lipinski definition) is 5. The summed E-state index contributed by atoms with van der Waals surface area (Å²) in [7, 11) is -1.70. The van der Waals surface area contributed by atoms with Crippen LogP contribution in [0.4, 0.5) is 0 Å². The quantitative estimate of drug-likeness (QED) is 0.680. The van der Waals surface area contributed by atoms with Crippen molar-refractivity contribution < 1.29 is 13.2 Å². The van der Waals surface area contributed by atoms with Crippen LogP contribution in [0.3, 0.4) is 0 Å². The van der Waals surface area contributed by atoms with Crippen LogP contribution in [0.1, 0.15) is 60.2 Å². The Balaban J connectivity index is 3.16. The highest BCUT2D eigenvalue weighted by Gasteiger charge is 2.43. The first-order valence-corrected chi connectivity index (χ1v) is 10.6. The van der Waals surface area contributed by atoms with E-state index in [2.05, 4.69) is 42.9 Å². The van der Waals surface area contributed by atoms with Gasteiger partial charge in [0.2, 0.25) is 10.0 Å². The van der Waals surface area contributed by atoms with E-state index in [1.54, 1.807) is 13.4 Å². The van der Waals surface area contributed by atoms with E-state index < -0.39 is 10.0 Å². The topological polar surface area (TPSA) is 88.2 Å². The van der Waals surface area contributed by atoms with Crippen molar-refractivity contribution in [3.8, 4) is 0 Å². The Kier molecular flexibility index (Phi) is 7.18. The molecule has 0 aliphatic carbocycles. The van der Waals surface area contributed by atoms with Gasteiger partial charge in [0.15, 0.2) is 0 Å². The van der Waals surface area contributed by atoms with Crippen LogP contribution in [0.15, 0.2) is 6.33 Å². The second-order valence-corrected chi connectivity index (χ2v) is 10.1. The molecule has 7 nitrogen and oxygen atoms in total. The molecule has 0 fully saturated rings. The van der Waals surface area contributed by atoms with Crippen LogP contribution in [-0.2, 0) is 20.2 Å². The van der Waals surface area contributed by atoms with E-state index in [-0.39, 0.29) is 23.0 Å². The molecular formula is C17H34N4O3S. The number of nitrogens with zero attached hydrogens (tertiary/aromatic N) is 3. The number of hydrogen-bond donors (Lipinski definition) is 1. The first-order valence-electron chi connectivity index (χ1n) is 8.74. The number of likely N-dealkylation sites (N-methyl/N-ethyl adjacent to an activating group) is 1. The maximum Gasteiger partial charge on any atom is 0.211 e. The molecular weight excluding hydrogens is 340 g/mol. The smallest absolute Gasteiger partial charge is 0.211 e. The Labute approximate surface area is 152 Å². The van der Waals surface area contributed by atoms with Crippen molar-refractivity contribution in [3.63, 3.8) is 0 Å². The molecule has 0 saturated heterocycles. The minimum absolute atomic E-state index is 0.0399. The fourth-order valence-corrected chi connectivity index (χ4v) is 4.15. The summed E-state index contributed by atoms with van der Waals surface area (Å²) in [4.78, 5) is 3.11. The number of ether oxygens (including phenoxy) is 1. The van der Waals surface area contributed by atoms with Gasteiger partial charge in [-0.25, -0.2) is 8.42 Å². The number of H-pyrrole nitrogens is 1. The van der Waals surface area contributed by atoms with Crippen LogP contribution in [0.5, 0.6) is 0 Å². The molecule has 0 spiro atoms. The zero-order valence-corrected chi connectivity index (χ0v) is 17.6. The average Bonchev–Trinajstić information content (AvgIpc) is 2.99. The van der Waals surface area contributed by atoms with Crippen LogP contribution in [0.25, 0.3) is 0 Å². The van der Waals surface area contributed by atoms with Gasteiger partial charge in [0.05, 0.1) is 25.0 Å². The van der Waals surface area contributed by atoms with Crippen molar-refractivity contribution in [2.45, 2.75) is 71.9 Å². The van der Waals surface area contributed by atoms with E-state index in [0.29, 0.717) is 6.61 Å². The van der Waals surface area contributed by atoms with Gasteiger partial charge in [0, 0.05) is 12.5 Å². The summed E-state index contributed by atoms with van der Waals surface area (Å²) >= 11 is 0. The zero-order chi connectivity index (χ0) is 19.5. The van der Waals surface area contributed by atoms with Gasteiger partial charge in [-0.05, 0) is 32.1 Å². The van der Waals surface area contributed by atoms with Crippen molar-refractivity contribution in [2.75, 3.05) is 19.9 Å². The standard InChI is InChI=1S/C17H34N4O3S/c1-9-17(6,15-18-12-19-20-15)11-16(4,5)14(10-24-13(2)3)21(7)25(8,22)23/h12-14H,9-11H2,1-8H3,(H,18,19,20). The Morgan fingerprint density at radius 1 is 1.32 bits per heavy atom. The Hall–Kier alpha value is -0.990. The van der Waals surface area contributed by atoms with E-state index in [0.717, 1.165) is 18.7 Å². The summed E-state index contributed by atoms with van der Waals surface area (Å²) in [6.45, 7) is 12.7. The molecule has 1 rings (SSSR count). The van der Waals surface area contributed by atoms with E-state index in [1.165, 1.54) is 10.6 Å². The molecule has 25 heavy (non-hydrogen) atoms. The van der Waals surface area contributed by atoms with Crippen LogP contribution in [0, 0.1) is 5.41 Å². The van der Waals surface area contributed by atoms with Gasteiger partial charge >= 0.3 is 0 Å². The molecule has 0 radical (unpaired) electrons. The van der Waals surface area contributed by atoms with Gasteiger partial charge in [0.1, 0.15) is 12.2 Å². The molecule has 0 aliphatic heterocycles. The van der Waals surface area contributed by atoms with Crippen molar-refractivity contribution in [2.24, 2.45) is 5.41 Å². The van der Waals surface area contributed by atoms with Crippen LogP contribution in [-0.4, -0.2) is 60.0 Å². The molecule has 0 saturated carbocycles. The van der Waals surface area contributed by atoms with E-state index in [9.17, 15) is 8.42 Å². The lowest BCUT2D eigenvalue weighted by atomic mass is 9.68. The Morgan fingerprint density at radius 3 is 2.32 bits per heavy atom. The third kappa shape index (κ3) is 5.76. The number of nitrogens with one attached hydrogen (secondary N) is 1. The summed E-state index contributed by atoms with van der Waals surface area (Å²) in [5, 5.41) is 8.11. The predicted molar refractivity (Wildman–Crippen MR) is 99.9 cm³/mol. The highest BCUT2D eigenvalue weighted by Crippen LogP contribution is 2.41. The Morgan fingerprint density at radius 2 is 1.92 bits per heavy atom. The SMILES string of the molecule is CCC(C)(CC(C)(C)C(COC(C)C)N(C)S(C)(=O)=O)c1nnc[nH]1. The molecule has 2 atom stereocenters. The molecule has 1 aromatic heterocycles. The highest BCUT2D eigenvalue weighted by molar-refractivity contribution is 7.88. The van der Waals surface area contributed by atoms with E-state index in [4.69, 9.17) is 4.74 Å². The summed E-state index contributed by atoms with van der Waals surface area (Å²) in [5.74, 6) is 0.827. The van der Waals surface area contributed by atoms with Crippen molar-refractivity contribution in [3.05, 3.63) is 12.2 Å². The zero-order valence-electron chi connectivity index (χ0n) is 16.8. The first kappa shape index (κ1) is 22.1. The first-order chi connectivity index (χ1) is 11.3. The number of aromatic amines is 1. The van der Waals surface area contributed by atoms with Crippen molar-refractivity contribution in [1.82, 2.24) is 19.5 Å². The van der Waals surface area contributed by atoms with Crippen LogP contribution >= 0.6 is 0 Å². The minimum atomic E-state index is -3.33. The van der Waals surface area contributed by atoms with Gasteiger partial charge in [0.25, 0.3) is 0 Å². The fourth-order valence-electron chi connectivity index (χ4n) is 3.34. The third-order valence-electron chi connectivity index (χ3n) is 5.07.